The predicted molar refractivity (Wildman–Crippen MR) is 70.4 cm³/mol. The van der Waals surface area contributed by atoms with E-state index in [0.717, 1.165) is 19.1 Å². The molecule has 1 aliphatic rings. The molecule has 1 unspecified atom stereocenters. The first kappa shape index (κ1) is 15.0. The lowest BCUT2D eigenvalue weighted by atomic mass is 9.83. The van der Waals surface area contributed by atoms with Gasteiger partial charge < -0.3 is 14.8 Å². The van der Waals surface area contributed by atoms with Crippen molar-refractivity contribution in [2.45, 2.75) is 70.9 Å². The van der Waals surface area contributed by atoms with Crippen LogP contribution in [0.5, 0.6) is 0 Å². The van der Waals surface area contributed by atoms with E-state index in [2.05, 4.69) is 5.32 Å². The first-order valence-corrected chi connectivity index (χ1v) is 6.85. The SMILES string of the molecule is CC(C)(C)OC(=O)NC(CC=O)C1CCCCC1. The monoisotopic (exact) mass is 255 g/mol. The lowest BCUT2D eigenvalue weighted by molar-refractivity contribution is -0.108. The molecule has 0 aromatic carbocycles. The minimum atomic E-state index is -0.498. The van der Waals surface area contributed by atoms with E-state index in [1.165, 1.54) is 19.3 Å². The lowest BCUT2D eigenvalue weighted by Crippen LogP contribution is -2.43. The van der Waals surface area contributed by atoms with E-state index in [1.54, 1.807) is 0 Å². The molecule has 0 spiro atoms. The summed E-state index contributed by atoms with van der Waals surface area (Å²) < 4.78 is 5.24. The third kappa shape index (κ3) is 5.52. The second kappa shape index (κ2) is 6.76. The van der Waals surface area contributed by atoms with Gasteiger partial charge in [0.25, 0.3) is 0 Å². The molecule has 0 bridgehead atoms. The highest BCUT2D eigenvalue weighted by molar-refractivity contribution is 5.68. The number of hydrogen-bond acceptors (Lipinski definition) is 3. The van der Waals surface area contributed by atoms with E-state index in [0.29, 0.717) is 12.3 Å². The Kier molecular flexibility index (Phi) is 5.63. The summed E-state index contributed by atoms with van der Waals surface area (Å²) in [6.45, 7) is 5.51. The topological polar surface area (TPSA) is 55.4 Å². The molecule has 0 aromatic rings. The normalized spacial score (nSPS) is 19.1. The van der Waals surface area contributed by atoms with Crippen molar-refractivity contribution in [2.24, 2.45) is 5.92 Å². The second-order valence-electron chi connectivity index (χ2n) is 6.05. The van der Waals surface area contributed by atoms with Crippen LogP contribution in [-0.2, 0) is 9.53 Å². The van der Waals surface area contributed by atoms with Gasteiger partial charge in [-0.3, -0.25) is 0 Å². The standard InChI is InChI=1S/C14H25NO3/c1-14(2,3)18-13(17)15-12(9-10-16)11-7-5-4-6-8-11/h10-12H,4-9H2,1-3H3,(H,15,17). The maximum Gasteiger partial charge on any atom is 0.407 e. The van der Waals surface area contributed by atoms with Crippen LogP contribution in [0.3, 0.4) is 0 Å². The molecule has 0 aliphatic heterocycles. The summed E-state index contributed by atoms with van der Waals surface area (Å²) in [5, 5.41) is 2.85. The Labute approximate surface area is 109 Å². The summed E-state index contributed by atoms with van der Waals surface area (Å²) in [5.41, 5.74) is -0.498. The Balaban J connectivity index is 2.50. The molecule has 1 aliphatic carbocycles. The highest BCUT2D eigenvalue weighted by atomic mass is 16.6. The molecular formula is C14H25NO3. The van der Waals surface area contributed by atoms with Gasteiger partial charge in [0.05, 0.1) is 0 Å². The molecular weight excluding hydrogens is 230 g/mol. The van der Waals surface area contributed by atoms with Crippen molar-refractivity contribution >= 4 is 12.4 Å². The first-order chi connectivity index (χ1) is 8.42. The minimum absolute atomic E-state index is 0.0716. The van der Waals surface area contributed by atoms with Crippen LogP contribution in [0.15, 0.2) is 0 Å². The van der Waals surface area contributed by atoms with Crippen molar-refractivity contribution in [1.29, 1.82) is 0 Å². The number of carbonyl (C=O) groups excluding carboxylic acids is 2. The number of amides is 1. The van der Waals surface area contributed by atoms with Crippen molar-refractivity contribution < 1.29 is 14.3 Å². The summed E-state index contributed by atoms with van der Waals surface area (Å²) >= 11 is 0. The van der Waals surface area contributed by atoms with Crippen LogP contribution in [-0.4, -0.2) is 24.0 Å². The Morgan fingerprint density at radius 2 is 1.94 bits per heavy atom. The predicted octanol–water partition coefficient (Wildman–Crippen LogP) is 3.05. The fourth-order valence-corrected chi connectivity index (χ4v) is 2.47. The van der Waals surface area contributed by atoms with Gasteiger partial charge in [0.1, 0.15) is 11.9 Å². The lowest BCUT2D eigenvalue weighted by Gasteiger charge is -2.30. The van der Waals surface area contributed by atoms with E-state index in [4.69, 9.17) is 4.74 Å². The zero-order valence-electron chi connectivity index (χ0n) is 11.7. The van der Waals surface area contributed by atoms with Gasteiger partial charge in [-0.05, 0) is 39.5 Å². The van der Waals surface area contributed by atoms with Crippen LogP contribution >= 0.6 is 0 Å². The number of rotatable bonds is 4. The fraction of sp³-hybridized carbons (Fsp3) is 0.857. The molecule has 1 atom stereocenters. The van der Waals surface area contributed by atoms with Gasteiger partial charge in [-0.25, -0.2) is 4.79 Å². The second-order valence-corrected chi connectivity index (χ2v) is 6.05. The molecule has 1 fully saturated rings. The number of carbonyl (C=O) groups is 2. The van der Waals surface area contributed by atoms with Crippen molar-refractivity contribution in [3.05, 3.63) is 0 Å². The number of alkyl carbamates (subject to hydrolysis) is 1. The molecule has 0 heterocycles. The van der Waals surface area contributed by atoms with Crippen molar-refractivity contribution in [3.63, 3.8) is 0 Å². The number of ether oxygens (including phenoxy) is 1. The van der Waals surface area contributed by atoms with Crippen LogP contribution in [0.1, 0.15) is 59.3 Å². The quantitative estimate of drug-likeness (QED) is 0.785. The van der Waals surface area contributed by atoms with Gasteiger partial charge >= 0.3 is 6.09 Å². The zero-order chi connectivity index (χ0) is 13.6. The molecule has 4 heteroatoms. The fourth-order valence-electron chi connectivity index (χ4n) is 2.47. The van der Waals surface area contributed by atoms with Gasteiger partial charge in [-0.15, -0.1) is 0 Å². The van der Waals surface area contributed by atoms with Crippen LogP contribution in [0.2, 0.25) is 0 Å². The van der Waals surface area contributed by atoms with E-state index in [1.807, 2.05) is 20.8 Å². The number of nitrogens with one attached hydrogen (secondary N) is 1. The highest BCUT2D eigenvalue weighted by Gasteiger charge is 2.26. The van der Waals surface area contributed by atoms with Crippen LogP contribution in [0.25, 0.3) is 0 Å². The van der Waals surface area contributed by atoms with Crippen LogP contribution < -0.4 is 5.32 Å². The molecule has 0 radical (unpaired) electrons. The molecule has 1 N–H and O–H groups in total. The zero-order valence-corrected chi connectivity index (χ0v) is 11.7. The van der Waals surface area contributed by atoms with Gasteiger partial charge in [0.2, 0.25) is 0 Å². The van der Waals surface area contributed by atoms with Crippen LogP contribution in [0, 0.1) is 5.92 Å². The summed E-state index contributed by atoms with van der Waals surface area (Å²) in [6, 6.07) is -0.0716. The largest absolute Gasteiger partial charge is 0.444 e. The van der Waals surface area contributed by atoms with Gasteiger partial charge in [-0.2, -0.15) is 0 Å². The van der Waals surface area contributed by atoms with Crippen molar-refractivity contribution in [1.82, 2.24) is 5.32 Å². The molecule has 0 aromatic heterocycles. The van der Waals surface area contributed by atoms with Crippen LogP contribution in [0.4, 0.5) is 4.79 Å². The molecule has 104 valence electrons. The summed E-state index contributed by atoms with van der Waals surface area (Å²) in [5.74, 6) is 0.413. The smallest absolute Gasteiger partial charge is 0.407 e. The van der Waals surface area contributed by atoms with E-state index in [9.17, 15) is 9.59 Å². The maximum absolute atomic E-state index is 11.7. The average molecular weight is 255 g/mol. The molecule has 4 nitrogen and oxygen atoms in total. The summed E-state index contributed by atoms with van der Waals surface area (Å²) in [4.78, 5) is 22.5. The third-order valence-electron chi connectivity index (χ3n) is 3.27. The van der Waals surface area contributed by atoms with Crippen molar-refractivity contribution in [2.75, 3.05) is 0 Å². The summed E-state index contributed by atoms with van der Waals surface area (Å²) in [7, 11) is 0. The number of aldehydes is 1. The van der Waals surface area contributed by atoms with Gasteiger partial charge in [0, 0.05) is 12.5 Å². The molecule has 1 rings (SSSR count). The van der Waals surface area contributed by atoms with E-state index in [-0.39, 0.29) is 6.04 Å². The van der Waals surface area contributed by atoms with E-state index >= 15 is 0 Å². The molecule has 0 saturated heterocycles. The molecule has 1 saturated carbocycles. The molecule has 1 amide bonds. The minimum Gasteiger partial charge on any atom is -0.444 e. The van der Waals surface area contributed by atoms with Crippen molar-refractivity contribution in [3.8, 4) is 0 Å². The van der Waals surface area contributed by atoms with Gasteiger partial charge in [0.15, 0.2) is 0 Å². The Morgan fingerprint density at radius 1 is 1.33 bits per heavy atom. The van der Waals surface area contributed by atoms with E-state index < -0.39 is 11.7 Å². The molecule has 18 heavy (non-hydrogen) atoms. The third-order valence-corrected chi connectivity index (χ3v) is 3.27. The number of hydrogen-bond donors (Lipinski definition) is 1. The summed E-state index contributed by atoms with van der Waals surface area (Å²) in [6.07, 6.45) is 6.67. The average Bonchev–Trinajstić information content (AvgIpc) is 2.27. The van der Waals surface area contributed by atoms with Gasteiger partial charge in [-0.1, -0.05) is 19.3 Å². The Morgan fingerprint density at radius 3 is 2.44 bits per heavy atom. The maximum atomic E-state index is 11.7. The Hall–Kier alpha value is -1.06. The Bertz CT molecular complexity index is 277. The first-order valence-electron chi connectivity index (χ1n) is 6.85. The highest BCUT2D eigenvalue weighted by Crippen LogP contribution is 2.27.